The third-order valence-electron chi connectivity index (χ3n) is 4.83. The van der Waals surface area contributed by atoms with Crippen molar-refractivity contribution in [2.75, 3.05) is 13.1 Å². The van der Waals surface area contributed by atoms with Gasteiger partial charge in [0, 0.05) is 47.1 Å². The molecule has 3 aromatic rings. The number of rotatable bonds is 9. The zero-order valence-electron chi connectivity index (χ0n) is 16.0. The fourth-order valence-electron chi connectivity index (χ4n) is 3.35. The van der Waals surface area contributed by atoms with E-state index in [0.29, 0.717) is 23.1 Å². The number of nitrogens with zero attached hydrogens (tertiary/aromatic N) is 3. The maximum atomic E-state index is 7.95. The maximum absolute atomic E-state index is 7.95. The van der Waals surface area contributed by atoms with Gasteiger partial charge in [0.2, 0.25) is 0 Å². The average molecular weight is 431 g/mol. The molecule has 0 aliphatic heterocycles. The molecule has 29 heavy (non-hydrogen) atoms. The topological polar surface area (TPSA) is 94.7 Å². The highest BCUT2D eigenvalue weighted by molar-refractivity contribution is 6.35. The highest BCUT2D eigenvalue weighted by Gasteiger charge is 2.20. The molecule has 0 fully saturated rings. The number of aryl methyl sites for hydroxylation is 1. The van der Waals surface area contributed by atoms with Crippen LogP contribution < -0.4 is 5.73 Å². The zero-order valence-corrected chi connectivity index (χ0v) is 17.5. The molecule has 8 heteroatoms. The molecule has 1 aromatic carbocycles. The minimum atomic E-state index is -0.0193. The minimum Gasteiger partial charge on any atom is -0.370 e. The van der Waals surface area contributed by atoms with Crippen molar-refractivity contribution in [3.05, 3.63) is 82.1 Å². The Morgan fingerprint density at radius 2 is 2.03 bits per heavy atom. The van der Waals surface area contributed by atoms with Gasteiger partial charge in [-0.05, 0) is 49.1 Å². The molecule has 0 spiro atoms. The first-order valence-electron chi connectivity index (χ1n) is 9.47. The summed E-state index contributed by atoms with van der Waals surface area (Å²) in [5.74, 6) is 0.0446. The lowest BCUT2D eigenvalue weighted by atomic mass is 9.91. The average Bonchev–Trinajstić information content (AvgIpc) is 3.22. The summed E-state index contributed by atoms with van der Waals surface area (Å²) < 4.78 is 0. The van der Waals surface area contributed by atoms with E-state index in [2.05, 4.69) is 15.0 Å². The Hall–Kier alpha value is -2.57. The van der Waals surface area contributed by atoms with E-state index in [9.17, 15) is 0 Å². The summed E-state index contributed by atoms with van der Waals surface area (Å²) in [5, 5.41) is 9.16. The normalized spacial score (nSPS) is 11.9. The van der Waals surface area contributed by atoms with E-state index in [4.69, 9.17) is 34.3 Å². The van der Waals surface area contributed by atoms with Gasteiger partial charge in [-0.2, -0.15) is 0 Å². The SMILES string of the molecule is N=C(N)N(CCCc1c[nH]cn1)CCC(c1ccccn1)c1ccc(Cl)cc1Cl. The van der Waals surface area contributed by atoms with Crippen molar-refractivity contribution >= 4 is 29.2 Å². The van der Waals surface area contributed by atoms with Crippen molar-refractivity contribution in [1.82, 2.24) is 19.9 Å². The maximum Gasteiger partial charge on any atom is 0.188 e. The van der Waals surface area contributed by atoms with Crippen molar-refractivity contribution in [3.8, 4) is 0 Å². The van der Waals surface area contributed by atoms with Crippen LogP contribution in [-0.2, 0) is 6.42 Å². The van der Waals surface area contributed by atoms with Crippen LogP contribution in [0.5, 0.6) is 0 Å². The summed E-state index contributed by atoms with van der Waals surface area (Å²) in [5.41, 5.74) is 8.74. The summed E-state index contributed by atoms with van der Waals surface area (Å²) in [6, 6.07) is 11.4. The van der Waals surface area contributed by atoms with Crippen LogP contribution in [-0.4, -0.2) is 38.9 Å². The molecule has 152 valence electrons. The molecule has 2 aromatic heterocycles. The number of nitrogens with one attached hydrogen (secondary N) is 2. The van der Waals surface area contributed by atoms with Gasteiger partial charge < -0.3 is 15.6 Å². The first kappa shape index (κ1) is 21.1. The Morgan fingerprint density at radius 1 is 1.17 bits per heavy atom. The molecule has 0 saturated carbocycles. The van der Waals surface area contributed by atoms with Crippen molar-refractivity contribution < 1.29 is 0 Å². The third-order valence-corrected chi connectivity index (χ3v) is 5.39. The number of imidazole rings is 1. The second kappa shape index (κ2) is 10.3. The van der Waals surface area contributed by atoms with Crippen LogP contribution in [0.4, 0.5) is 0 Å². The second-order valence-corrected chi connectivity index (χ2v) is 7.64. The summed E-state index contributed by atoms with van der Waals surface area (Å²) in [4.78, 5) is 13.6. The van der Waals surface area contributed by atoms with Crippen molar-refractivity contribution in [2.45, 2.75) is 25.2 Å². The third kappa shape index (κ3) is 5.95. The van der Waals surface area contributed by atoms with E-state index in [-0.39, 0.29) is 11.9 Å². The standard InChI is InChI=1S/C21H24Cl2N6/c22-15-6-7-17(19(23)12-15)18(20-5-1-2-9-27-20)8-11-29(21(24)25)10-3-4-16-13-26-14-28-16/h1-2,5-7,9,12-14,18H,3-4,8,10-11H2,(H3,24,25)(H,26,28). The predicted octanol–water partition coefficient (Wildman–Crippen LogP) is 4.46. The highest BCUT2D eigenvalue weighted by Crippen LogP contribution is 2.33. The molecule has 0 aliphatic rings. The van der Waals surface area contributed by atoms with Crippen LogP contribution in [0.3, 0.4) is 0 Å². The van der Waals surface area contributed by atoms with Gasteiger partial charge in [0.1, 0.15) is 0 Å². The van der Waals surface area contributed by atoms with Crippen molar-refractivity contribution in [3.63, 3.8) is 0 Å². The lowest BCUT2D eigenvalue weighted by Gasteiger charge is -2.26. The van der Waals surface area contributed by atoms with E-state index in [1.165, 1.54) is 0 Å². The van der Waals surface area contributed by atoms with Gasteiger partial charge in [0.15, 0.2) is 5.96 Å². The minimum absolute atomic E-state index is 0.0193. The number of halogens is 2. The molecule has 6 nitrogen and oxygen atoms in total. The molecule has 4 N–H and O–H groups in total. The largest absolute Gasteiger partial charge is 0.370 e. The monoisotopic (exact) mass is 430 g/mol. The quantitative estimate of drug-likeness (QED) is 0.344. The number of H-pyrrole nitrogens is 1. The summed E-state index contributed by atoms with van der Waals surface area (Å²) >= 11 is 12.6. The van der Waals surface area contributed by atoms with Crippen molar-refractivity contribution in [1.29, 1.82) is 5.41 Å². The lowest BCUT2D eigenvalue weighted by molar-refractivity contribution is 0.386. The Balaban J connectivity index is 1.71. The number of aromatic nitrogens is 3. The summed E-state index contributed by atoms with van der Waals surface area (Å²) in [6.45, 7) is 1.31. The first-order chi connectivity index (χ1) is 14.0. The van der Waals surface area contributed by atoms with Gasteiger partial charge in [-0.15, -0.1) is 0 Å². The number of hydrogen-bond acceptors (Lipinski definition) is 3. The summed E-state index contributed by atoms with van der Waals surface area (Å²) in [6.07, 6.45) is 7.75. The molecule has 0 radical (unpaired) electrons. The Labute approximate surface area is 180 Å². The number of guanidine groups is 1. The molecule has 1 atom stereocenters. The lowest BCUT2D eigenvalue weighted by Crippen LogP contribution is -2.38. The molecule has 0 saturated heterocycles. The van der Waals surface area contributed by atoms with Crippen LogP contribution in [0.15, 0.2) is 55.1 Å². The predicted molar refractivity (Wildman–Crippen MR) is 118 cm³/mol. The number of pyridine rings is 1. The molecular weight excluding hydrogens is 407 g/mol. The number of nitrogens with two attached hydrogens (primary N) is 1. The van der Waals surface area contributed by atoms with Gasteiger partial charge >= 0.3 is 0 Å². The van der Waals surface area contributed by atoms with Crippen LogP contribution in [0, 0.1) is 5.41 Å². The number of aromatic amines is 1. The van der Waals surface area contributed by atoms with Gasteiger partial charge in [-0.1, -0.05) is 35.3 Å². The van der Waals surface area contributed by atoms with Gasteiger partial charge in [-0.25, -0.2) is 4.98 Å². The van der Waals surface area contributed by atoms with Gasteiger partial charge in [-0.3, -0.25) is 10.4 Å². The smallest absolute Gasteiger partial charge is 0.188 e. The molecule has 0 amide bonds. The van der Waals surface area contributed by atoms with Crippen LogP contribution >= 0.6 is 23.2 Å². The van der Waals surface area contributed by atoms with Gasteiger partial charge in [0.25, 0.3) is 0 Å². The fraction of sp³-hybridized carbons (Fsp3) is 0.286. The van der Waals surface area contributed by atoms with Crippen LogP contribution in [0.2, 0.25) is 10.0 Å². The fourth-order valence-corrected chi connectivity index (χ4v) is 3.89. The summed E-state index contributed by atoms with van der Waals surface area (Å²) in [7, 11) is 0. The second-order valence-electron chi connectivity index (χ2n) is 6.80. The Morgan fingerprint density at radius 3 is 2.69 bits per heavy atom. The van der Waals surface area contributed by atoms with Crippen LogP contribution in [0.1, 0.15) is 35.7 Å². The van der Waals surface area contributed by atoms with Crippen molar-refractivity contribution in [2.24, 2.45) is 5.73 Å². The van der Waals surface area contributed by atoms with E-state index in [0.717, 1.165) is 36.2 Å². The molecule has 0 aliphatic carbocycles. The van der Waals surface area contributed by atoms with E-state index < -0.39 is 0 Å². The Kier molecular flexibility index (Phi) is 7.49. The number of benzene rings is 1. The van der Waals surface area contributed by atoms with E-state index in [1.54, 1.807) is 18.6 Å². The molecule has 0 bridgehead atoms. The molecule has 3 rings (SSSR count). The van der Waals surface area contributed by atoms with Crippen LogP contribution in [0.25, 0.3) is 0 Å². The van der Waals surface area contributed by atoms with E-state index in [1.807, 2.05) is 41.4 Å². The molecular formula is C21H24Cl2N6. The highest BCUT2D eigenvalue weighted by atomic mass is 35.5. The zero-order chi connectivity index (χ0) is 20.6. The van der Waals surface area contributed by atoms with Gasteiger partial charge in [0.05, 0.1) is 12.0 Å². The molecule has 1 unspecified atom stereocenters. The first-order valence-corrected chi connectivity index (χ1v) is 10.2. The number of hydrogen-bond donors (Lipinski definition) is 3. The Bertz CT molecular complexity index is 914. The molecule has 2 heterocycles. The van der Waals surface area contributed by atoms with E-state index >= 15 is 0 Å².